The van der Waals surface area contributed by atoms with Crippen LogP contribution in [0.25, 0.3) is 65.7 Å². The topological polar surface area (TPSA) is 275 Å². The SMILES string of the molecule is CC(=O)N1CCC(c2c[nH]c3ccc(F)cc23)CC1.CS(=O)(=O)N1CCC(c2c[nH]c3ccc(F)cc23)CC1.Cc1[nH]c2ccccc2c1C1=CCN(S(C)(=O)=O)CC1.Cc1[nH]c2ccccc2c1C1CCN(S(C)(=O)=O)CC1.NS(=O)(=O)N1CC=C(c2c[nH]c3ccccc23)CC1. The van der Waals surface area contributed by atoms with Crippen molar-refractivity contribution < 1.29 is 47.2 Å². The van der Waals surface area contributed by atoms with Crippen LogP contribution in [-0.4, -0.2) is 171 Å². The monoisotopic (exact) mass is 1420 g/mol. The van der Waals surface area contributed by atoms with Crippen molar-refractivity contribution in [2.75, 3.05) is 84.2 Å². The number of aromatic nitrogens is 5. The van der Waals surface area contributed by atoms with Gasteiger partial charge in [0.15, 0.2) is 0 Å². The van der Waals surface area contributed by atoms with Gasteiger partial charge in [-0.25, -0.2) is 47.8 Å². The lowest BCUT2D eigenvalue weighted by Gasteiger charge is -2.31. The maximum atomic E-state index is 13.4. The average molecular weight is 1420 g/mol. The Balaban J connectivity index is 0.000000124. The largest absolute Gasteiger partial charge is 0.361 e. The Hall–Kier alpha value is -7.79. The fraction of sp³-hybridized carbons (Fsp3) is 0.375. The minimum absolute atomic E-state index is 0.142. The second-order valence-corrected chi connectivity index (χ2v) is 33.6. The standard InChI is InChI=1S/C15H17FN2O.C15H20N2O2S.C15H18N2O2S.C14H17FN2O2S.C13H15N3O2S/c1-10(19)18-6-4-11(5-7-18)14-9-17-15-3-2-12(16)8-13(14)15;2*1-11-15(13-5-3-4-6-14(13)16-11)12-7-9-17(10-8-12)20(2,18)19;1-20(18,19)17-6-4-10(5-7-17)13-9-16-14-3-2-11(15)8-12(13)14;14-19(17,18)16-7-5-10(6-8-16)12-9-15-13-4-2-1-3-11(12)13/h2-3,8-9,11,17H,4-7H2,1H3;3-6,12,16H,7-10H2,1-2H3;3-7,16H,8-10H2,1-2H3;2-3,8-10,16H,4-7H2,1H3;1-5,9,15H,6-8H2,(H2,14,17,18). The lowest BCUT2D eigenvalue weighted by atomic mass is 9.88. The summed E-state index contributed by atoms with van der Waals surface area (Å²) in [5, 5.41) is 10.7. The highest BCUT2D eigenvalue weighted by Crippen LogP contribution is 2.39. The molecule has 5 aliphatic heterocycles. The molecule has 26 heteroatoms. The van der Waals surface area contributed by atoms with Crippen molar-refractivity contribution in [2.24, 2.45) is 5.14 Å². The van der Waals surface area contributed by atoms with Crippen LogP contribution in [0.5, 0.6) is 0 Å². The zero-order valence-corrected chi connectivity index (χ0v) is 59.4. The molecule has 0 aliphatic carbocycles. The average Bonchev–Trinajstić information content (AvgIpc) is 1.65. The molecule has 0 bridgehead atoms. The van der Waals surface area contributed by atoms with Crippen LogP contribution in [0.15, 0.2) is 140 Å². The molecule has 10 aromatic rings. The molecule has 5 aromatic heterocycles. The number of nitrogens with one attached hydrogen (secondary N) is 5. The van der Waals surface area contributed by atoms with Gasteiger partial charge in [-0.15, -0.1) is 0 Å². The van der Waals surface area contributed by atoms with E-state index < -0.39 is 40.3 Å². The number of piperidine rings is 3. The van der Waals surface area contributed by atoms with Gasteiger partial charge in [-0.2, -0.15) is 17.0 Å². The zero-order chi connectivity index (χ0) is 69.8. The number of amides is 1. The maximum Gasteiger partial charge on any atom is 0.277 e. The highest BCUT2D eigenvalue weighted by atomic mass is 32.2. The van der Waals surface area contributed by atoms with E-state index in [4.69, 9.17) is 5.14 Å². The van der Waals surface area contributed by atoms with Crippen LogP contribution >= 0.6 is 0 Å². The Kier molecular flexibility index (Phi) is 21.9. The maximum absolute atomic E-state index is 13.4. The lowest BCUT2D eigenvalue weighted by molar-refractivity contribution is -0.129. The highest BCUT2D eigenvalue weighted by Gasteiger charge is 2.31. The van der Waals surface area contributed by atoms with E-state index in [2.05, 4.69) is 75.2 Å². The minimum atomic E-state index is -3.58. The Morgan fingerprint density at radius 3 is 1.37 bits per heavy atom. The van der Waals surface area contributed by atoms with E-state index in [1.54, 1.807) is 35.5 Å². The van der Waals surface area contributed by atoms with Gasteiger partial charge in [-0.3, -0.25) is 4.79 Å². The van der Waals surface area contributed by atoms with Crippen molar-refractivity contribution in [3.05, 3.63) is 191 Å². The molecule has 0 atom stereocenters. The summed E-state index contributed by atoms with van der Waals surface area (Å²) in [6.45, 7) is 11.5. The van der Waals surface area contributed by atoms with Gasteiger partial charge in [0, 0.05) is 168 Å². The number of rotatable bonds is 9. The summed E-state index contributed by atoms with van der Waals surface area (Å²) in [5.41, 5.74) is 16.1. The smallest absolute Gasteiger partial charge is 0.277 e. The molecule has 7 N–H and O–H groups in total. The number of para-hydroxylation sites is 3. The molecule has 5 aliphatic rings. The fourth-order valence-corrected chi connectivity index (χ4v) is 17.7. The van der Waals surface area contributed by atoms with Gasteiger partial charge >= 0.3 is 0 Å². The van der Waals surface area contributed by atoms with Crippen LogP contribution in [0.3, 0.4) is 0 Å². The lowest BCUT2D eigenvalue weighted by Crippen LogP contribution is -2.39. The normalized spacial score (nSPS) is 17.9. The summed E-state index contributed by atoms with van der Waals surface area (Å²) in [4.78, 5) is 29.6. The molecule has 0 radical (unpaired) electrons. The molecule has 1 amide bonds. The molecule has 5 aromatic carbocycles. The van der Waals surface area contributed by atoms with Crippen molar-refractivity contribution in [1.82, 2.24) is 47.0 Å². The summed E-state index contributed by atoms with van der Waals surface area (Å²) in [5.74, 6) is 0.837. The third-order valence-electron chi connectivity index (χ3n) is 19.7. The van der Waals surface area contributed by atoms with Crippen molar-refractivity contribution in [1.29, 1.82) is 0 Å². The first kappa shape index (κ1) is 71.5. The number of hydrogen-bond acceptors (Lipinski definition) is 9. The van der Waals surface area contributed by atoms with Crippen LogP contribution in [0.1, 0.15) is 115 Å². The quantitative estimate of drug-likeness (QED) is 0.0800. The predicted octanol–water partition coefficient (Wildman–Crippen LogP) is 12.1. The Bertz CT molecular complexity index is 5070. The number of aryl methyl sites for hydroxylation is 2. The van der Waals surface area contributed by atoms with Gasteiger partial charge in [0.1, 0.15) is 11.6 Å². The number of halogens is 2. The Morgan fingerprint density at radius 1 is 0.459 bits per heavy atom. The number of nitrogens with two attached hydrogens (primary N) is 1. The summed E-state index contributed by atoms with van der Waals surface area (Å²) in [6, 6.07) is 34.2. The number of sulfonamides is 3. The number of benzene rings is 5. The predicted molar refractivity (Wildman–Crippen MR) is 388 cm³/mol. The first-order chi connectivity index (χ1) is 46.6. The van der Waals surface area contributed by atoms with E-state index in [9.17, 15) is 47.2 Å². The van der Waals surface area contributed by atoms with Gasteiger partial charge < -0.3 is 29.8 Å². The Labute approximate surface area is 572 Å². The molecule has 3 saturated heterocycles. The third-order valence-corrected chi connectivity index (χ3v) is 24.6. The van der Waals surface area contributed by atoms with E-state index in [1.165, 1.54) is 88.1 Å². The van der Waals surface area contributed by atoms with E-state index in [0.717, 1.165) is 119 Å². The van der Waals surface area contributed by atoms with E-state index in [0.29, 0.717) is 70.6 Å². The molecule has 0 saturated carbocycles. The molecule has 98 heavy (non-hydrogen) atoms. The van der Waals surface area contributed by atoms with E-state index >= 15 is 0 Å². The minimum Gasteiger partial charge on any atom is -0.361 e. The molecular formula is C72H87F2N11O9S4. The van der Waals surface area contributed by atoms with Gasteiger partial charge in [-0.05, 0) is 165 Å². The number of nitrogens with zero attached hydrogens (tertiary/aromatic N) is 5. The van der Waals surface area contributed by atoms with Crippen molar-refractivity contribution in [2.45, 2.75) is 89.9 Å². The number of H-pyrrole nitrogens is 5. The number of fused-ring (bicyclic) bond motifs is 5. The number of hydrogen-bond donors (Lipinski definition) is 6. The second kappa shape index (κ2) is 30.0. The molecule has 3 fully saturated rings. The first-order valence-electron chi connectivity index (χ1n) is 33.1. The van der Waals surface area contributed by atoms with E-state index in [-0.39, 0.29) is 23.5 Å². The molecule has 0 unspecified atom stereocenters. The van der Waals surface area contributed by atoms with Gasteiger partial charge in [0.2, 0.25) is 36.0 Å². The van der Waals surface area contributed by atoms with Crippen LogP contribution in [-0.2, 0) is 45.1 Å². The fourth-order valence-electron chi connectivity index (χ4n) is 14.5. The summed E-state index contributed by atoms with van der Waals surface area (Å²) >= 11 is 0. The number of aromatic amines is 5. The molecule has 10 heterocycles. The van der Waals surface area contributed by atoms with Crippen LogP contribution < -0.4 is 5.14 Å². The number of carbonyl (C=O) groups excluding carboxylic acids is 1. The van der Waals surface area contributed by atoms with Crippen LogP contribution in [0, 0.1) is 25.5 Å². The number of carbonyl (C=O) groups is 1. The third kappa shape index (κ3) is 16.7. The molecule has 522 valence electrons. The molecular weight excluding hydrogens is 1330 g/mol. The van der Waals surface area contributed by atoms with E-state index in [1.807, 2.05) is 72.0 Å². The molecule has 0 spiro atoms. The first-order valence-corrected chi connectivity index (χ1v) is 40.1. The molecule has 15 rings (SSSR count). The summed E-state index contributed by atoms with van der Waals surface area (Å²) < 4.78 is 124. The molecule has 20 nitrogen and oxygen atoms in total. The van der Waals surface area contributed by atoms with Gasteiger partial charge in [0.25, 0.3) is 10.2 Å². The van der Waals surface area contributed by atoms with Gasteiger partial charge in [-0.1, -0.05) is 66.7 Å². The summed E-state index contributed by atoms with van der Waals surface area (Å²) in [6.07, 6.45) is 20.3. The summed E-state index contributed by atoms with van der Waals surface area (Å²) in [7, 11) is -12.8. The zero-order valence-electron chi connectivity index (χ0n) is 56.1. The van der Waals surface area contributed by atoms with Crippen LogP contribution in [0.4, 0.5) is 8.78 Å². The highest BCUT2D eigenvalue weighted by molar-refractivity contribution is 7.89. The number of likely N-dealkylation sites (tertiary alicyclic amines) is 1. The van der Waals surface area contributed by atoms with Crippen molar-refractivity contribution >= 4 is 112 Å². The van der Waals surface area contributed by atoms with Gasteiger partial charge in [0.05, 0.1) is 18.8 Å². The van der Waals surface area contributed by atoms with Crippen LogP contribution in [0.2, 0.25) is 0 Å². The Morgan fingerprint density at radius 2 is 0.878 bits per heavy atom. The van der Waals surface area contributed by atoms with Crippen molar-refractivity contribution in [3.63, 3.8) is 0 Å². The second-order valence-electron chi connectivity index (χ2n) is 26.1. The van der Waals surface area contributed by atoms with Crippen molar-refractivity contribution in [3.8, 4) is 0 Å².